The van der Waals surface area contributed by atoms with E-state index in [0.717, 1.165) is 40.7 Å². The van der Waals surface area contributed by atoms with Gasteiger partial charge in [-0.25, -0.2) is 15.0 Å². The van der Waals surface area contributed by atoms with Crippen LogP contribution in [0.25, 0.3) is 83.5 Å². The maximum atomic E-state index is 5.17. The second-order valence-corrected chi connectivity index (χ2v) is 15.4. The number of hydrogen-bond donors (Lipinski definition) is 0. The lowest BCUT2D eigenvalue weighted by molar-refractivity contribution is 0.797. The van der Waals surface area contributed by atoms with Crippen molar-refractivity contribution in [3.8, 4) is 56.4 Å². The molecule has 0 bridgehead atoms. The second kappa shape index (κ2) is 12.4. The predicted molar refractivity (Wildman–Crippen MR) is 234 cm³/mol. The molecule has 0 amide bonds. The van der Waals surface area contributed by atoms with Crippen LogP contribution in [0.5, 0.6) is 0 Å². The molecule has 8 aromatic carbocycles. The summed E-state index contributed by atoms with van der Waals surface area (Å²) in [5.74, 6) is 1.97. The molecule has 3 heteroatoms. The van der Waals surface area contributed by atoms with Gasteiger partial charge in [0, 0.05) is 16.7 Å². The molecule has 0 saturated carbocycles. The largest absolute Gasteiger partial charge is 0.208 e. The minimum atomic E-state index is -0.409. The standard InChI is InChI=1S/C54H35N3/c1-3-13-34(14-4-1)38-19-9-21-41(31-38)52-55-51(37-15-5-2-6-16-37)56-53(57-52)42-22-10-20-39(32-42)40-29-30-44-43-23-7-8-24-45(43)54(48(44)33-40)46-25-11-17-35-27-28-36-18-12-26-47(54)50(36)49(35)46/h2-3,5-33H,1,4H2. The van der Waals surface area contributed by atoms with E-state index in [1.54, 1.807) is 0 Å². The Morgan fingerprint density at radius 3 is 1.61 bits per heavy atom. The Labute approximate surface area is 331 Å². The molecule has 1 aromatic heterocycles. The third-order valence-electron chi connectivity index (χ3n) is 12.3. The Balaban J connectivity index is 1.02. The Morgan fingerprint density at radius 2 is 0.912 bits per heavy atom. The molecule has 3 aliphatic rings. The van der Waals surface area contributed by atoms with Crippen LogP contribution in [0.15, 0.2) is 188 Å². The maximum Gasteiger partial charge on any atom is 0.164 e. The quantitative estimate of drug-likeness (QED) is 0.166. The van der Waals surface area contributed by atoms with Crippen molar-refractivity contribution in [2.75, 3.05) is 0 Å². The van der Waals surface area contributed by atoms with Crippen molar-refractivity contribution in [1.29, 1.82) is 0 Å². The van der Waals surface area contributed by atoms with E-state index in [4.69, 9.17) is 15.0 Å². The fraction of sp³-hybridized carbons (Fsp3) is 0.0556. The molecule has 0 aliphatic heterocycles. The van der Waals surface area contributed by atoms with Crippen LogP contribution in [0.2, 0.25) is 0 Å². The lowest BCUT2D eigenvalue weighted by Gasteiger charge is -2.31. The summed E-state index contributed by atoms with van der Waals surface area (Å²) in [6, 6.07) is 61.9. The second-order valence-electron chi connectivity index (χ2n) is 15.4. The molecule has 0 radical (unpaired) electrons. The van der Waals surface area contributed by atoms with Gasteiger partial charge in [-0.15, -0.1) is 0 Å². The summed E-state index contributed by atoms with van der Waals surface area (Å²) in [5.41, 5.74) is 15.2. The van der Waals surface area contributed by atoms with Gasteiger partial charge in [-0.05, 0) is 108 Å². The van der Waals surface area contributed by atoms with Gasteiger partial charge in [-0.1, -0.05) is 170 Å². The molecule has 9 aromatic rings. The van der Waals surface area contributed by atoms with Gasteiger partial charge in [0.25, 0.3) is 0 Å². The lowest BCUT2D eigenvalue weighted by atomic mass is 9.70. The fourth-order valence-corrected chi connectivity index (χ4v) is 9.82. The van der Waals surface area contributed by atoms with E-state index in [2.05, 4.69) is 170 Å². The zero-order valence-corrected chi connectivity index (χ0v) is 31.2. The van der Waals surface area contributed by atoms with Crippen LogP contribution in [0.1, 0.15) is 40.7 Å². The summed E-state index contributed by atoms with van der Waals surface area (Å²) in [6.45, 7) is 0. The highest BCUT2D eigenvalue weighted by molar-refractivity contribution is 6.17. The van der Waals surface area contributed by atoms with E-state index in [0.29, 0.717) is 17.5 Å². The molecule has 3 aliphatic carbocycles. The predicted octanol–water partition coefficient (Wildman–Crippen LogP) is 13.3. The first-order valence-corrected chi connectivity index (χ1v) is 19.8. The third kappa shape index (κ3) is 4.76. The highest BCUT2D eigenvalue weighted by Gasteiger charge is 2.50. The summed E-state index contributed by atoms with van der Waals surface area (Å²) in [4.78, 5) is 15.3. The smallest absolute Gasteiger partial charge is 0.164 e. The number of allylic oxidation sites excluding steroid dienone is 4. The Hall–Kier alpha value is -7.23. The van der Waals surface area contributed by atoms with Crippen LogP contribution < -0.4 is 0 Å². The van der Waals surface area contributed by atoms with Gasteiger partial charge in [0.1, 0.15) is 0 Å². The van der Waals surface area contributed by atoms with E-state index in [1.807, 2.05) is 18.2 Å². The number of hydrogen-bond acceptors (Lipinski definition) is 3. The van der Waals surface area contributed by atoms with Crippen LogP contribution >= 0.6 is 0 Å². The molecule has 1 heterocycles. The highest BCUT2D eigenvalue weighted by atomic mass is 15.0. The van der Waals surface area contributed by atoms with Crippen molar-refractivity contribution in [3.63, 3.8) is 0 Å². The highest BCUT2D eigenvalue weighted by Crippen LogP contribution is 2.62. The average Bonchev–Trinajstić information content (AvgIpc) is 3.77. The van der Waals surface area contributed by atoms with Crippen molar-refractivity contribution >= 4 is 27.1 Å². The first-order valence-electron chi connectivity index (χ1n) is 19.8. The number of nitrogens with zero attached hydrogens (tertiary/aromatic N) is 3. The van der Waals surface area contributed by atoms with Crippen molar-refractivity contribution in [1.82, 2.24) is 15.0 Å². The molecule has 12 rings (SSSR count). The molecule has 3 nitrogen and oxygen atoms in total. The first-order chi connectivity index (χ1) is 28.2. The van der Waals surface area contributed by atoms with Crippen molar-refractivity contribution in [2.24, 2.45) is 0 Å². The van der Waals surface area contributed by atoms with Crippen molar-refractivity contribution in [3.05, 3.63) is 216 Å². The zero-order chi connectivity index (χ0) is 37.5. The van der Waals surface area contributed by atoms with Crippen LogP contribution in [-0.4, -0.2) is 15.0 Å². The van der Waals surface area contributed by atoms with Gasteiger partial charge in [0.15, 0.2) is 17.5 Å². The van der Waals surface area contributed by atoms with Crippen LogP contribution in [0, 0.1) is 0 Å². The number of benzene rings is 8. The van der Waals surface area contributed by atoms with Crippen LogP contribution in [0.3, 0.4) is 0 Å². The summed E-state index contributed by atoms with van der Waals surface area (Å²) >= 11 is 0. The lowest BCUT2D eigenvalue weighted by Crippen LogP contribution is -2.26. The molecule has 0 N–H and O–H groups in total. The normalized spacial score (nSPS) is 14.4. The Bertz CT molecular complexity index is 3130. The Morgan fingerprint density at radius 1 is 0.368 bits per heavy atom. The third-order valence-corrected chi connectivity index (χ3v) is 12.3. The summed E-state index contributed by atoms with van der Waals surface area (Å²) < 4.78 is 0. The van der Waals surface area contributed by atoms with E-state index in [9.17, 15) is 0 Å². The van der Waals surface area contributed by atoms with Gasteiger partial charge in [0.2, 0.25) is 0 Å². The van der Waals surface area contributed by atoms with Crippen LogP contribution in [0.4, 0.5) is 0 Å². The topological polar surface area (TPSA) is 38.7 Å². The van der Waals surface area contributed by atoms with Crippen LogP contribution in [-0.2, 0) is 5.41 Å². The minimum Gasteiger partial charge on any atom is -0.208 e. The first kappa shape index (κ1) is 32.1. The maximum absolute atomic E-state index is 5.17. The summed E-state index contributed by atoms with van der Waals surface area (Å²) in [6.07, 6.45) is 8.91. The molecular formula is C54H35N3. The number of rotatable bonds is 5. The molecule has 0 unspecified atom stereocenters. The number of fused-ring (bicyclic) bond motifs is 7. The molecule has 1 spiro atoms. The van der Waals surface area contributed by atoms with E-state index in [-0.39, 0.29) is 0 Å². The number of aromatic nitrogens is 3. The van der Waals surface area contributed by atoms with Gasteiger partial charge >= 0.3 is 0 Å². The minimum absolute atomic E-state index is 0.409. The molecular weight excluding hydrogens is 691 g/mol. The molecule has 266 valence electrons. The molecule has 0 atom stereocenters. The van der Waals surface area contributed by atoms with E-state index in [1.165, 1.54) is 66.1 Å². The van der Waals surface area contributed by atoms with Gasteiger partial charge < -0.3 is 0 Å². The molecule has 57 heavy (non-hydrogen) atoms. The SMILES string of the molecule is C1=CC(c2cccc(-c3nc(-c4ccccc4)nc(-c4cccc(-c5ccc6c(c5)C5(c7ccccc7-6)c6cccc7ccc8cccc5c8c67)c4)n3)c2)=CCC1. The van der Waals surface area contributed by atoms with Gasteiger partial charge in [-0.3, -0.25) is 0 Å². The van der Waals surface area contributed by atoms with Crippen molar-refractivity contribution in [2.45, 2.75) is 18.3 Å². The summed E-state index contributed by atoms with van der Waals surface area (Å²) in [7, 11) is 0. The average molecular weight is 726 g/mol. The van der Waals surface area contributed by atoms with E-state index >= 15 is 0 Å². The van der Waals surface area contributed by atoms with Crippen molar-refractivity contribution < 1.29 is 0 Å². The van der Waals surface area contributed by atoms with Gasteiger partial charge in [-0.2, -0.15) is 0 Å². The molecule has 0 saturated heterocycles. The Kier molecular flexibility index (Phi) is 6.97. The monoisotopic (exact) mass is 725 g/mol. The fourth-order valence-electron chi connectivity index (χ4n) is 9.82. The van der Waals surface area contributed by atoms with E-state index < -0.39 is 5.41 Å². The summed E-state index contributed by atoms with van der Waals surface area (Å²) in [5, 5.41) is 5.33. The zero-order valence-electron chi connectivity index (χ0n) is 31.2. The molecule has 0 fully saturated rings. The van der Waals surface area contributed by atoms with Gasteiger partial charge in [0.05, 0.1) is 5.41 Å².